The average Bonchev–Trinajstić information content (AvgIpc) is 3.39. The van der Waals surface area contributed by atoms with Gasteiger partial charge in [0.05, 0.1) is 6.54 Å². The van der Waals surface area contributed by atoms with Crippen LogP contribution in [0.25, 0.3) is 0 Å². The zero-order valence-electron chi connectivity index (χ0n) is 20.7. The van der Waals surface area contributed by atoms with Crippen molar-refractivity contribution in [1.82, 2.24) is 15.1 Å². The van der Waals surface area contributed by atoms with Crippen LogP contribution in [0.5, 0.6) is 0 Å². The molecular weight excluding hydrogens is 472 g/mol. The molecular formula is C27H32N6O4. The van der Waals surface area contributed by atoms with Crippen LogP contribution >= 0.6 is 0 Å². The molecule has 4 N–H and O–H groups in total. The lowest BCUT2D eigenvalue weighted by Crippen LogP contribution is -2.45. The fourth-order valence-electron chi connectivity index (χ4n) is 4.50. The van der Waals surface area contributed by atoms with Gasteiger partial charge in [0.1, 0.15) is 6.04 Å². The SMILES string of the molecule is NC(=O)c1cccc(NC(=NC2CCCCN(CC(=O)N3CCCC3)C2=O)NC(=O)c2ccccc2)c1. The van der Waals surface area contributed by atoms with E-state index in [0.717, 1.165) is 38.8 Å². The normalized spacial score (nSPS) is 18.3. The number of primary amides is 1. The van der Waals surface area contributed by atoms with Gasteiger partial charge >= 0.3 is 0 Å². The molecule has 0 aromatic heterocycles. The smallest absolute Gasteiger partial charge is 0.257 e. The fraction of sp³-hybridized carbons (Fsp3) is 0.370. The molecule has 1 atom stereocenters. The van der Waals surface area contributed by atoms with Gasteiger partial charge in [0.15, 0.2) is 0 Å². The molecule has 2 heterocycles. The molecule has 2 aliphatic heterocycles. The van der Waals surface area contributed by atoms with Crippen molar-refractivity contribution in [3.8, 4) is 0 Å². The molecule has 0 saturated carbocycles. The number of anilines is 1. The molecule has 4 amide bonds. The first-order valence-electron chi connectivity index (χ1n) is 12.6. The van der Waals surface area contributed by atoms with Gasteiger partial charge in [0, 0.05) is 36.4 Å². The molecule has 10 nitrogen and oxygen atoms in total. The Hall–Kier alpha value is -4.21. The molecule has 2 aromatic carbocycles. The van der Waals surface area contributed by atoms with Crippen molar-refractivity contribution in [3.05, 3.63) is 65.7 Å². The van der Waals surface area contributed by atoms with E-state index < -0.39 is 17.9 Å². The van der Waals surface area contributed by atoms with Crippen molar-refractivity contribution < 1.29 is 19.2 Å². The number of carbonyl (C=O) groups excluding carboxylic acids is 4. The van der Waals surface area contributed by atoms with Crippen LogP contribution in [0.3, 0.4) is 0 Å². The molecule has 37 heavy (non-hydrogen) atoms. The highest BCUT2D eigenvalue weighted by Gasteiger charge is 2.30. The number of hydrogen-bond donors (Lipinski definition) is 3. The van der Waals surface area contributed by atoms with Crippen molar-refractivity contribution in [1.29, 1.82) is 0 Å². The molecule has 2 aliphatic rings. The summed E-state index contributed by atoms with van der Waals surface area (Å²) >= 11 is 0. The third kappa shape index (κ3) is 6.93. The number of hydrogen-bond acceptors (Lipinski definition) is 5. The topological polar surface area (TPSA) is 137 Å². The minimum Gasteiger partial charge on any atom is -0.366 e. The lowest BCUT2D eigenvalue weighted by atomic mass is 10.1. The van der Waals surface area contributed by atoms with Crippen molar-refractivity contribution in [2.45, 2.75) is 38.1 Å². The van der Waals surface area contributed by atoms with Crippen LogP contribution in [0.1, 0.15) is 52.8 Å². The molecule has 194 valence electrons. The second-order valence-corrected chi connectivity index (χ2v) is 9.23. The van der Waals surface area contributed by atoms with Crippen LogP contribution in [0.4, 0.5) is 5.69 Å². The lowest BCUT2D eigenvalue weighted by Gasteiger charge is -2.25. The van der Waals surface area contributed by atoms with Crippen LogP contribution < -0.4 is 16.4 Å². The van der Waals surface area contributed by atoms with E-state index in [1.807, 2.05) is 6.07 Å². The number of benzene rings is 2. The maximum Gasteiger partial charge on any atom is 0.257 e. The van der Waals surface area contributed by atoms with Gasteiger partial charge < -0.3 is 20.9 Å². The number of nitrogens with zero attached hydrogens (tertiary/aromatic N) is 3. The molecule has 0 spiro atoms. The Morgan fingerprint density at radius 1 is 0.919 bits per heavy atom. The highest BCUT2D eigenvalue weighted by molar-refractivity contribution is 6.10. The first-order chi connectivity index (χ1) is 17.9. The number of nitrogens with one attached hydrogen (secondary N) is 2. The van der Waals surface area contributed by atoms with E-state index in [2.05, 4.69) is 15.6 Å². The van der Waals surface area contributed by atoms with E-state index in [1.165, 1.54) is 0 Å². The molecule has 2 aromatic rings. The zero-order valence-corrected chi connectivity index (χ0v) is 20.7. The highest BCUT2D eigenvalue weighted by Crippen LogP contribution is 2.18. The molecule has 10 heteroatoms. The molecule has 0 aliphatic carbocycles. The second kappa shape index (κ2) is 12.2. The van der Waals surface area contributed by atoms with Crippen LogP contribution in [-0.2, 0) is 9.59 Å². The number of amides is 4. The van der Waals surface area contributed by atoms with Gasteiger partial charge in [-0.3, -0.25) is 24.5 Å². The largest absolute Gasteiger partial charge is 0.366 e. The summed E-state index contributed by atoms with van der Waals surface area (Å²) in [5.74, 6) is -1.21. The van der Waals surface area contributed by atoms with Crippen molar-refractivity contribution in [2.75, 3.05) is 31.5 Å². The van der Waals surface area contributed by atoms with Gasteiger partial charge in [0.25, 0.3) is 5.91 Å². The summed E-state index contributed by atoms with van der Waals surface area (Å²) in [7, 11) is 0. The van der Waals surface area contributed by atoms with E-state index in [1.54, 1.807) is 58.3 Å². The second-order valence-electron chi connectivity index (χ2n) is 9.23. The zero-order chi connectivity index (χ0) is 26.2. The van der Waals surface area contributed by atoms with E-state index in [4.69, 9.17) is 5.73 Å². The lowest BCUT2D eigenvalue weighted by molar-refractivity contribution is -0.140. The highest BCUT2D eigenvalue weighted by atomic mass is 16.2. The monoisotopic (exact) mass is 504 g/mol. The minimum atomic E-state index is -0.772. The predicted molar refractivity (Wildman–Crippen MR) is 140 cm³/mol. The van der Waals surface area contributed by atoms with Gasteiger partial charge in [-0.2, -0.15) is 0 Å². The van der Waals surface area contributed by atoms with Crippen molar-refractivity contribution in [2.24, 2.45) is 10.7 Å². The minimum absolute atomic E-state index is 0.0324. The molecule has 0 radical (unpaired) electrons. The van der Waals surface area contributed by atoms with E-state index in [0.29, 0.717) is 24.2 Å². The number of likely N-dealkylation sites (tertiary alicyclic amines) is 2. The van der Waals surface area contributed by atoms with Crippen LogP contribution in [-0.4, -0.2) is 71.6 Å². The first-order valence-corrected chi connectivity index (χ1v) is 12.6. The molecule has 1 unspecified atom stereocenters. The third-order valence-electron chi connectivity index (χ3n) is 6.50. The number of aliphatic imine (C=N–C) groups is 1. The predicted octanol–water partition coefficient (Wildman–Crippen LogP) is 1.99. The Kier molecular flexibility index (Phi) is 8.50. The van der Waals surface area contributed by atoms with E-state index in [-0.39, 0.29) is 29.9 Å². The number of guanidine groups is 1. The van der Waals surface area contributed by atoms with Gasteiger partial charge in [-0.15, -0.1) is 0 Å². The number of nitrogens with two attached hydrogens (primary N) is 1. The molecule has 0 bridgehead atoms. The molecule has 2 fully saturated rings. The molecule has 2 saturated heterocycles. The van der Waals surface area contributed by atoms with Crippen LogP contribution in [0, 0.1) is 0 Å². The summed E-state index contributed by atoms with van der Waals surface area (Å²) in [4.78, 5) is 58.7. The summed E-state index contributed by atoms with van der Waals surface area (Å²) in [5, 5.41) is 5.78. The number of carbonyl (C=O) groups is 4. The van der Waals surface area contributed by atoms with Gasteiger partial charge in [-0.1, -0.05) is 24.3 Å². The first kappa shape index (κ1) is 25.9. The van der Waals surface area contributed by atoms with E-state index in [9.17, 15) is 19.2 Å². The Bertz CT molecular complexity index is 1180. The van der Waals surface area contributed by atoms with Crippen molar-refractivity contribution >= 4 is 35.3 Å². The maximum absolute atomic E-state index is 13.4. The van der Waals surface area contributed by atoms with Crippen LogP contribution in [0.2, 0.25) is 0 Å². The van der Waals surface area contributed by atoms with Crippen LogP contribution in [0.15, 0.2) is 59.6 Å². The summed E-state index contributed by atoms with van der Waals surface area (Å²) in [6.45, 7) is 1.98. The van der Waals surface area contributed by atoms with Gasteiger partial charge in [-0.05, 0) is 62.4 Å². The maximum atomic E-state index is 13.4. The molecule has 4 rings (SSSR count). The van der Waals surface area contributed by atoms with Gasteiger partial charge in [-0.25, -0.2) is 4.99 Å². The third-order valence-corrected chi connectivity index (χ3v) is 6.50. The summed E-state index contributed by atoms with van der Waals surface area (Å²) < 4.78 is 0. The Balaban J connectivity index is 1.57. The summed E-state index contributed by atoms with van der Waals surface area (Å²) in [6, 6.07) is 14.4. The van der Waals surface area contributed by atoms with Crippen molar-refractivity contribution in [3.63, 3.8) is 0 Å². The van der Waals surface area contributed by atoms with Gasteiger partial charge in [0.2, 0.25) is 23.7 Å². The van der Waals surface area contributed by atoms with E-state index >= 15 is 0 Å². The summed E-state index contributed by atoms with van der Waals surface area (Å²) in [6.07, 6.45) is 3.98. The summed E-state index contributed by atoms with van der Waals surface area (Å²) in [5.41, 5.74) is 6.60. The Morgan fingerprint density at radius 3 is 2.35 bits per heavy atom. The number of rotatable bonds is 6. The fourth-order valence-corrected chi connectivity index (χ4v) is 4.50. The Morgan fingerprint density at radius 2 is 1.62 bits per heavy atom. The average molecular weight is 505 g/mol. The standard InChI is InChI=1S/C27H32N6O4/c28-24(35)20-11-8-12-21(17-20)29-27(31-25(36)19-9-2-1-3-10-19)30-22-13-4-5-16-33(26(22)37)18-23(34)32-14-6-7-15-32/h1-3,8-12,17,22H,4-7,13-16,18H2,(H2,28,35)(H2,29,30,31,36). The quantitative estimate of drug-likeness (QED) is 0.408. The Labute approximate surface area is 215 Å².